The normalized spacial score (nSPS) is 21.9. The number of benzene rings is 2. The average molecular weight is 333 g/mol. The van der Waals surface area contributed by atoms with Crippen molar-refractivity contribution in [2.75, 3.05) is 13.1 Å². The summed E-state index contributed by atoms with van der Waals surface area (Å²) in [5.41, 5.74) is 12.2. The van der Waals surface area contributed by atoms with E-state index in [0.29, 0.717) is 5.41 Å². The Morgan fingerprint density at radius 1 is 1.08 bits per heavy atom. The maximum Gasteiger partial charge on any atom is 0.199 e. The number of rotatable bonds is 3. The van der Waals surface area contributed by atoms with Crippen molar-refractivity contribution < 1.29 is 0 Å². The van der Waals surface area contributed by atoms with Crippen LogP contribution in [-0.2, 0) is 0 Å². The zero-order chi connectivity index (χ0) is 17.3. The van der Waals surface area contributed by atoms with E-state index in [2.05, 4.69) is 45.9 Å². The number of piperidine rings is 1. The van der Waals surface area contributed by atoms with Gasteiger partial charge in [-0.3, -0.25) is 0 Å². The third kappa shape index (κ3) is 2.96. The van der Waals surface area contributed by atoms with Crippen LogP contribution in [-0.4, -0.2) is 18.9 Å². The lowest BCUT2D eigenvalue weighted by atomic mass is 9.89. The van der Waals surface area contributed by atoms with E-state index in [-0.39, 0.29) is 5.84 Å². The lowest BCUT2D eigenvalue weighted by molar-refractivity contribution is 0.342. The zero-order valence-electron chi connectivity index (χ0n) is 14.2. The van der Waals surface area contributed by atoms with Gasteiger partial charge in [0, 0.05) is 5.56 Å². The molecule has 5 nitrogen and oxygen atoms in total. The number of nitrogens with one attached hydrogen (secondary N) is 2. The molecule has 0 aromatic heterocycles. The van der Waals surface area contributed by atoms with Gasteiger partial charge in [-0.05, 0) is 66.4 Å². The van der Waals surface area contributed by atoms with Crippen molar-refractivity contribution in [1.82, 2.24) is 5.32 Å². The largest absolute Gasteiger partial charge is 0.321 e. The van der Waals surface area contributed by atoms with Crippen LogP contribution in [0.4, 0.5) is 0 Å². The summed E-state index contributed by atoms with van der Waals surface area (Å²) in [4.78, 5) is 0. The predicted molar refractivity (Wildman–Crippen MR) is 99.6 cm³/mol. The fourth-order valence-corrected chi connectivity index (χ4v) is 4.21. The molecule has 1 saturated heterocycles. The van der Waals surface area contributed by atoms with E-state index < -0.39 is 0 Å². The molecule has 0 radical (unpaired) electrons. The first kappa shape index (κ1) is 16.0. The summed E-state index contributed by atoms with van der Waals surface area (Å²) in [6.45, 7) is 2.32. The van der Waals surface area contributed by atoms with Gasteiger partial charge in [-0.2, -0.15) is 5.10 Å². The summed E-state index contributed by atoms with van der Waals surface area (Å²) in [7, 11) is 0. The first-order valence-electron chi connectivity index (χ1n) is 8.83. The second-order valence-corrected chi connectivity index (χ2v) is 7.14. The van der Waals surface area contributed by atoms with Gasteiger partial charge in [0.1, 0.15) is 0 Å². The molecule has 25 heavy (non-hydrogen) atoms. The maximum absolute atomic E-state index is 7.16. The molecule has 2 aromatic rings. The number of hydrazone groups is 1. The van der Waals surface area contributed by atoms with Gasteiger partial charge in [0.05, 0.1) is 0 Å². The number of hydrogen-bond acceptors (Lipinski definition) is 4. The van der Waals surface area contributed by atoms with Crippen LogP contribution in [0.2, 0.25) is 0 Å². The Morgan fingerprint density at radius 3 is 2.52 bits per heavy atom. The highest BCUT2D eigenvalue weighted by Gasteiger charge is 2.54. The third-order valence-electron chi connectivity index (χ3n) is 5.78. The molecule has 1 heterocycles. The number of nitrogens with two attached hydrogens (primary N) is 1. The molecule has 1 unspecified atom stereocenters. The highest BCUT2D eigenvalue weighted by Crippen LogP contribution is 2.64. The molecule has 2 aliphatic rings. The Kier molecular flexibility index (Phi) is 4.09. The van der Waals surface area contributed by atoms with Crippen molar-refractivity contribution in [1.29, 1.82) is 5.53 Å². The van der Waals surface area contributed by atoms with Crippen LogP contribution in [0.3, 0.4) is 0 Å². The molecule has 1 aliphatic carbocycles. The van der Waals surface area contributed by atoms with E-state index in [0.717, 1.165) is 35.7 Å². The molecule has 2 fully saturated rings. The van der Waals surface area contributed by atoms with Crippen molar-refractivity contribution in [2.45, 2.75) is 25.2 Å². The van der Waals surface area contributed by atoms with Crippen LogP contribution in [0, 0.1) is 10.9 Å². The average Bonchev–Trinajstić information content (AvgIpc) is 3.36. The molecule has 2 aromatic carbocycles. The first-order valence-corrected chi connectivity index (χ1v) is 8.83. The van der Waals surface area contributed by atoms with E-state index >= 15 is 0 Å². The molecule has 4 rings (SSSR count). The topological polar surface area (TPSA) is 86.6 Å². The van der Waals surface area contributed by atoms with E-state index in [1.54, 1.807) is 0 Å². The Labute approximate surface area is 147 Å². The van der Waals surface area contributed by atoms with Gasteiger partial charge in [0.25, 0.3) is 0 Å². The fourth-order valence-electron chi connectivity index (χ4n) is 4.21. The minimum atomic E-state index is 0.240. The molecule has 4 N–H and O–H groups in total. The number of amidine groups is 1. The smallest absolute Gasteiger partial charge is 0.199 e. The molecular formula is C20H23N5. The van der Waals surface area contributed by atoms with Gasteiger partial charge in [-0.15, -0.1) is 5.11 Å². The molecule has 1 aliphatic heterocycles. The zero-order valence-corrected chi connectivity index (χ0v) is 14.2. The first-order chi connectivity index (χ1) is 12.3. The minimum Gasteiger partial charge on any atom is -0.321 e. The van der Waals surface area contributed by atoms with Gasteiger partial charge >= 0.3 is 0 Å². The summed E-state index contributed by atoms with van der Waals surface area (Å²) >= 11 is 0. The molecule has 1 atom stereocenters. The summed E-state index contributed by atoms with van der Waals surface area (Å²) in [6, 6.07) is 16.8. The number of hydrogen-bond donors (Lipinski definition) is 3. The highest BCUT2D eigenvalue weighted by molar-refractivity contribution is 5.99. The third-order valence-corrected chi connectivity index (χ3v) is 5.78. The Morgan fingerprint density at radius 2 is 1.84 bits per heavy atom. The molecule has 1 saturated carbocycles. The summed E-state index contributed by atoms with van der Waals surface area (Å²) in [5, 5.41) is 10.4. The second kappa shape index (κ2) is 6.41. The van der Waals surface area contributed by atoms with Crippen molar-refractivity contribution in [2.24, 2.45) is 21.5 Å². The molecule has 0 bridgehead atoms. The minimum absolute atomic E-state index is 0.240. The van der Waals surface area contributed by atoms with Crippen LogP contribution >= 0.6 is 0 Å². The summed E-state index contributed by atoms with van der Waals surface area (Å²) < 4.78 is 0. The van der Waals surface area contributed by atoms with Gasteiger partial charge in [-0.25, -0.2) is 5.53 Å². The summed E-state index contributed by atoms with van der Waals surface area (Å²) in [6.07, 6.45) is 3.95. The fraction of sp³-hybridized carbons (Fsp3) is 0.350. The molecule has 1 spiro atoms. The molecular weight excluding hydrogens is 310 g/mol. The SMILES string of the molecule is N=N/C(=N\N)c1cccc(-c2ccc(C3CC34CCNCC4)cc2)c1. The molecule has 128 valence electrons. The standard InChI is InChI=1S/C20H23N5/c21-24-19(25-22)17-3-1-2-16(12-17)14-4-6-15(7-5-14)18-13-20(18)8-10-23-11-9-20/h1-7,12,18,21,23H,8-11,13,22H2/b24-21?,25-19-. The van der Waals surface area contributed by atoms with Crippen LogP contribution < -0.4 is 11.2 Å². The monoisotopic (exact) mass is 333 g/mol. The molecule has 0 amide bonds. The van der Waals surface area contributed by atoms with Crippen molar-refractivity contribution in [3.63, 3.8) is 0 Å². The Balaban J connectivity index is 1.55. The van der Waals surface area contributed by atoms with Gasteiger partial charge in [0.2, 0.25) is 0 Å². The van der Waals surface area contributed by atoms with E-state index in [1.165, 1.54) is 24.8 Å². The van der Waals surface area contributed by atoms with E-state index in [1.807, 2.05) is 18.2 Å². The maximum atomic E-state index is 7.16. The highest BCUT2D eigenvalue weighted by atomic mass is 15.2. The van der Waals surface area contributed by atoms with Gasteiger partial charge in [0.15, 0.2) is 5.84 Å². The van der Waals surface area contributed by atoms with Crippen LogP contribution in [0.15, 0.2) is 58.7 Å². The number of nitrogens with zero attached hydrogens (tertiary/aromatic N) is 2. The second-order valence-electron chi connectivity index (χ2n) is 7.14. The quantitative estimate of drug-likeness (QED) is 0.262. The Bertz CT molecular complexity index is 803. The van der Waals surface area contributed by atoms with E-state index in [9.17, 15) is 0 Å². The van der Waals surface area contributed by atoms with E-state index in [4.69, 9.17) is 11.4 Å². The Hall–Kier alpha value is -2.53. The van der Waals surface area contributed by atoms with Crippen molar-refractivity contribution in [3.05, 3.63) is 59.7 Å². The van der Waals surface area contributed by atoms with Crippen LogP contribution in [0.1, 0.15) is 36.3 Å². The van der Waals surface area contributed by atoms with Crippen LogP contribution in [0.25, 0.3) is 11.1 Å². The van der Waals surface area contributed by atoms with Crippen molar-refractivity contribution in [3.8, 4) is 11.1 Å². The lowest BCUT2D eigenvalue weighted by Crippen LogP contribution is -2.29. The molecule has 5 heteroatoms. The lowest BCUT2D eigenvalue weighted by Gasteiger charge is -2.23. The predicted octanol–water partition coefficient (Wildman–Crippen LogP) is 3.86. The van der Waals surface area contributed by atoms with Gasteiger partial charge < -0.3 is 11.2 Å². The van der Waals surface area contributed by atoms with Crippen molar-refractivity contribution >= 4 is 5.84 Å². The van der Waals surface area contributed by atoms with Crippen LogP contribution in [0.5, 0.6) is 0 Å². The van der Waals surface area contributed by atoms with Gasteiger partial charge in [-0.1, -0.05) is 42.5 Å². The summed E-state index contributed by atoms with van der Waals surface area (Å²) in [5.74, 6) is 6.27.